The third kappa shape index (κ3) is 2.48. The highest BCUT2D eigenvalue weighted by atomic mass is 35.5. The molecule has 4 heteroatoms. The molecule has 0 saturated carbocycles. The van der Waals surface area contributed by atoms with Crippen molar-refractivity contribution >= 4 is 28.0 Å². The topological polar surface area (TPSA) is 43.3 Å². The van der Waals surface area contributed by atoms with E-state index in [1.54, 1.807) is 0 Å². The molecule has 0 unspecified atom stereocenters. The summed E-state index contributed by atoms with van der Waals surface area (Å²) in [4.78, 5) is 4.44. The molecule has 0 radical (unpaired) electrons. The van der Waals surface area contributed by atoms with E-state index in [1.165, 1.54) is 10.8 Å². The molecule has 4 rings (SSSR count). The van der Waals surface area contributed by atoms with E-state index in [1.807, 2.05) is 23.6 Å². The summed E-state index contributed by atoms with van der Waals surface area (Å²) in [5.74, 6) is 0. The molecule has 0 amide bonds. The minimum Gasteiger partial charge on any atom is -0.326 e. The SMILES string of the molecule is Cc1cn2cc(-c3ccc4ccc(CN)cc4c3)cc(Cl)c2n1. The van der Waals surface area contributed by atoms with Crippen LogP contribution in [0.2, 0.25) is 5.02 Å². The highest BCUT2D eigenvalue weighted by molar-refractivity contribution is 6.33. The second-order valence-electron chi connectivity index (χ2n) is 5.79. The van der Waals surface area contributed by atoms with Crippen LogP contribution in [0.25, 0.3) is 27.5 Å². The summed E-state index contributed by atoms with van der Waals surface area (Å²) in [6, 6.07) is 14.7. The Bertz CT molecular complexity index is 1030. The van der Waals surface area contributed by atoms with Gasteiger partial charge in [-0.15, -0.1) is 0 Å². The van der Waals surface area contributed by atoms with Crippen molar-refractivity contribution in [2.75, 3.05) is 0 Å². The van der Waals surface area contributed by atoms with Crippen molar-refractivity contribution in [3.8, 4) is 11.1 Å². The quantitative estimate of drug-likeness (QED) is 0.587. The minimum absolute atomic E-state index is 0.548. The second kappa shape index (κ2) is 5.37. The normalized spacial score (nSPS) is 11.4. The Morgan fingerprint density at radius 2 is 1.83 bits per heavy atom. The van der Waals surface area contributed by atoms with Crippen LogP contribution < -0.4 is 5.73 Å². The summed E-state index contributed by atoms with van der Waals surface area (Å²) < 4.78 is 1.98. The van der Waals surface area contributed by atoms with Gasteiger partial charge in [0, 0.05) is 18.9 Å². The Hall–Kier alpha value is -2.36. The zero-order valence-electron chi connectivity index (χ0n) is 12.8. The maximum absolute atomic E-state index is 6.39. The maximum atomic E-state index is 6.39. The number of halogens is 1. The van der Waals surface area contributed by atoms with Crippen LogP contribution in [0, 0.1) is 6.92 Å². The van der Waals surface area contributed by atoms with Crippen molar-refractivity contribution in [2.24, 2.45) is 5.73 Å². The van der Waals surface area contributed by atoms with Crippen LogP contribution >= 0.6 is 11.6 Å². The Kier molecular flexibility index (Phi) is 3.33. The van der Waals surface area contributed by atoms with Crippen LogP contribution in [-0.2, 0) is 6.54 Å². The van der Waals surface area contributed by atoms with Gasteiger partial charge >= 0.3 is 0 Å². The third-order valence-corrected chi connectivity index (χ3v) is 4.38. The van der Waals surface area contributed by atoms with Crippen LogP contribution in [0.5, 0.6) is 0 Å². The number of nitrogens with zero attached hydrogens (tertiary/aromatic N) is 2. The highest BCUT2D eigenvalue weighted by Gasteiger charge is 2.08. The summed E-state index contributed by atoms with van der Waals surface area (Å²) in [5.41, 5.74) is 10.8. The zero-order valence-corrected chi connectivity index (χ0v) is 13.5. The Balaban J connectivity index is 1.90. The predicted molar refractivity (Wildman–Crippen MR) is 95.8 cm³/mol. The summed E-state index contributed by atoms with van der Waals surface area (Å²) in [7, 11) is 0. The lowest BCUT2D eigenvalue weighted by Gasteiger charge is -2.07. The number of hydrogen-bond donors (Lipinski definition) is 1. The van der Waals surface area contributed by atoms with Gasteiger partial charge in [0.25, 0.3) is 0 Å². The number of aromatic nitrogens is 2. The van der Waals surface area contributed by atoms with Gasteiger partial charge in [-0.2, -0.15) is 0 Å². The molecule has 2 heterocycles. The monoisotopic (exact) mass is 321 g/mol. The standard InChI is InChI=1S/C19H16ClN3/c1-12-10-23-11-17(8-18(20)19(23)22-12)15-5-4-14-3-2-13(9-21)6-16(14)7-15/h2-8,10-11H,9,21H2,1H3. The van der Waals surface area contributed by atoms with Crippen molar-refractivity contribution in [1.29, 1.82) is 0 Å². The molecule has 0 aliphatic heterocycles. The van der Waals surface area contributed by atoms with Crippen LogP contribution in [0.1, 0.15) is 11.3 Å². The van der Waals surface area contributed by atoms with Gasteiger partial charge in [-0.25, -0.2) is 4.98 Å². The van der Waals surface area contributed by atoms with Crippen LogP contribution in [-0.4, -0.2) is 9.38 Å². The van der Waals surface area contributed by atoms with Gasteiger partial charge in [-0.3, -0.25) is 0 Å². The lowest BCUT2D eigenvalue weighted by molar-refractivity contribution is 1.08. The van der Waals surface area contributed by atoms with E-state index in [2.05, 4.69) is 47.6 Å². The van der Waals surface area contributed by atoms with E-state index < -0.39 is 0 Å². The van der Waals surface area contributed by atoms with E-state index in [0.29, 0.717) is 11.6 Å². The third-order valence-electron chi connectivity index (χ3n) is 4.10. The fourth-order valence-corrected chi connectivity index (χ4v) is 3.20. The van der Waals surface area contributed by atoms with Gasteiger partial charge < -0.3 is 10.1 Å². The van der Waals surface area contributed by atoms with Crippen molar-refractivity contribution in [3.05, 3.63) is 71.1 Å². The van der Waals surface area contributed by atoms with Gasteiger partial charge in [-0.1, -0.05) is 35.9 Å². The zero-order chi connectivity index (χ0) is 16.0. The first-order chi connectivity index (χ1) is 11.1. The molecule has 2 aromatic carbocycles. The number of imidazole rings is 1. The van der Waals surface area contributed by atoms with Crippen LogP contribution in [0.15, 0.2) is 54.9 Å². The summed E-state index contributed by atoms with van der Waals surface area (Å²) in [6.07, 6.45) is 4.05. The molecule has 0 atom stereocenters. The number of fused-ring (bicyclic) bond motifs is 2. The lowest BCUT2D eigenvalue weighted by atomic mass is 10.0. The first kappa shape index (κ1) is 14.2. The van der Waals surface area contributed by atoms with Crippen LogP contribution in [0.4, 0.5) is 0 Å². The van der Waals surface area contributed by atoms with Gasteiger partial charge in [0.15, 0.2) is 5.65 Å². The molecule has 114 valence electrons. The van der Waals surface area contributed by atoms with E-state index in [4.69, 9.17) is 17.3 Å². The molecule has 0 spiro atoms. The Morgan fingerprint density at radius 3 is 2.65 bits per heavy atom. The fraction of sp³-hybridized carbons (Fsp3) is 0.105. The van der Waals surface area contributed by atoms with E-state index >= 15 is 0 Å². The molecule has 0 aliphatic carbocycles. The van der Waals surface area contributed by atoms with Gasteiger partial charge in [-0.05, 0) is 52.6 Å². The number of rotatable bonds is 2. The van der Waals surface area contributed by atoms with Crippen molar-refractivity contribution in [3.63, 3.8) is 0 Å². The number of pyridine rings is 1. The van der Waals surface area contributed by atoms with E-state index in [-0.39, 0.29) is 0 Å². The summed E-state index contributed by atoms with van der Waals surface area (Å²) >= 11 is 6.39. The molecule has 2 aromatic heterocycles. The number of hydrogen-bond acceptors (Lipinski definition) is 2. The van der Waals surface area contributed by atoms with Crippen molar-refractivity contribution in [1.82, 2.24) is 9.38 Å². The highest BCUT2D eigenvalue weighted by Crippen LogP contribution is 2.29. The predicted octanol–water partition coefficient (Wildman–Crippen LogP) is 4.58. The summed E-state index contributed by atoms with van der Waals surface area (Å²) in [5, 5.41) is 3.05. The molecule has 0 saturated heterocycles. The molecular formula is C19H16ClN3. The molecule has 3 nitrogen and oxygen atoms in total. The minimum atomic E-state index is 0.548. The van der Waals surface area contributed by atoms with E-state index in [9.17, 15) is 0 Å². The summed E-state index contributed by atoms with van der Waals surface area (Å²) in [6.45, 7) is 2.51. The Labute approximate surface area is 139 Å². The van der Waals surface area contributed by atoms with Crippen molar-refractivity contribution < 1.29 is 0 Å². The maximum Gasteiger partial charge on any atom is 0.155 e. The smallest absolute Gasteiger partial charge is 0.155 e. The molecular weight excluding hydrogens is 306 g/mol. The molecule has 2 N–H and O–H groups in total. The largest absolute Gasteiger partial charge is 0.326 e. The van der Waals surface area contributed by atoms with Gasteiger partial charge in [0.2, 0.25) is 0 Å². The fourth-order valence-electron chi connectivity index (χ4n) is 2.94. The molecule has 0 aliphatic rings. The average molecular weight is 322 g/mol. The number of aryl methyl sites for hydroxylation is 1. The van der Waals surface area contributed by atoms with Crippen molar-refractivity contribution in [2.45, 2.75) is 13.5 Å². The molecule has 4 aromatic rings. The van der Waals surface area contributed by atoms with Gasteiger partial charge in [0.1, 0.15) is 0 Å². The number of benzene rings is 2. The second-order valence-corrected chi connectivity index (χ2v) is 6.20. The molecule has 0 fully saturated rings. The average Bonchev–Trinajstić information content (AvgIpc) is 2.94. The molecule has 23 heavy (non-hydrogen) atoms. The van der Waals surface area contributed by atoms with Gasteiger partial charge in [0.05, 0.1) is 10.7 Å². The lowest BCUT2D eigenvalue weighted by Crippen LogP contribution is -1.95. The molecule has 0 bridgehead atoms. The van der Waals surface area contributed by atoms with Crippen LogP contribution in [0.3, 0.4) is 0 Å². The first-order valence-electron chi connectivity index (χ1n) is 7.52. The number of nitrogens with two attached hydrogens (primary N) is 1. The first-order valence-corrected chi connectivity index (χ1v) is 7.90. The Morgan fingerprint density at radius 1 is 1.00 bits per heavy atom. The van der Waals surface area contributed by atoms with E-state index in [0.717, 1.165) is 28.0 Å².